The Hall–Kier alpha value is -0.340. The van der Waals surface area contributed by atoms with Gasteiger partial charge in [-0.15, -0.1) is 0 Å². The SMILES string of the molecule is COCCCC1=CC(N)CC1. The third kappa shape index (κ3) is 3.04. The lowest BCUT2D eigenvalue weighted by atomic mass is 10.1. The van der Waals surface area contributed by atoms with Crippen LogP contribution < -0.4 is 5.73 Å². The summed E-state index contributed by atoms with van der Waals surface area (Å²) in [7, 11) is 1.74. The molecular weight excluding hydrogens is 138 g/mol. The zero-order valence-corrected chi connectivity index (χ0v) is 7.18. The van der Waals surface area contributed by atoms with Crippen LogP contribution in [0, 0.1) is 0 Å². The standard InChI is InChI=1S/C9H17NO/c1-11-6-2-3-8-4-5-9(10)7-8/h7,9H,2-6,10H2,1H3. The van der Waals surface area contributed by atoms with Crippen molar-refractivity contribution in [3.63, 3.8) is 0 Å². The molecule has 0 aliphatic heterocycles. The summed E-state index contributed by atoms with van der Waals surface area (Å²) in [5, 5.41) is 0. The quantitative estimate of drug-likeness (QED) is 0.493. The van der Waals surface area contributed by atoms with Crippen molar-refractivity contribution in [2.75, 3.05) is 13.7 Å². The molecule has 0 heterocycles. The van der Waals surface area contributed by atoms with Crippen molar-refractivity contribution in [2.24, 2.45) is 5.73 Å². The highest BCUT2D eigenvalue weighted by Crippen LogP contribution is 2.20. The van der Waals surface area contributed by atoms with Crippen molar-refractivity contribution < 1.29 is 4.74 Å². The third-order valence-corrected chi connectivity index (χ3v) is 2.09. The van der Waals surface area contributed by atoms with Crippen LogP contribution in [0.5, 0.6) is 0 Å². The number of hydrogen-bond acceptors (Lipinski definition) is 2. The topological polar surface area (TPSA) is 35.2 Å². The molecular formula is C9H17NO. The van der Waals surface area contributed by atoms with Crippen LogP contribution in [0.4, 0.5) is 0 Å². The fourth-order valence-electron chi connectivity index (χ4n) is 1.47. The molecule has 2 N–H and O–H groups in total. The van der Waals surface area contributed by atoms with Gasteiger partial charge in [0.05, 0.1) is 0 Å². The zero-order chi connectivity index (χ0) is 8.10. The van der Waals surface area contributed by atoms with Gasteiger partial charge in [0.25, 0.3) is 0 Å². The Morgan fingerprint density at radius 3 is 3.09 bits per heavy atom. The number of rotatable bonds is 4. The average molecular weight is 155 g/mol. The molecule has 0 amide bonds. The van der Waals surface area contributed by atoms with Crippen LogP contribution in [0.2, 0.25) is 0 Å². The number of ether oxygens (including phenoxy) is 1. The predicted octanol–water partition coefficient (Wildman–Crippen LogP) is 1.46. The summed E-state index contributed by atoms with van der Waals surface area (Å²) in [5.74, 6) is 0. The van der Waals surface area contributed by atoms with Gasteiger partial charge in [-0.2, -0.15) is 0 Å². The molecule has 1 aliphatic carbocycles. The Balaban J connectivity index is 2.12. The molecule has 0 bridgehead atoms. The first kappa shape index (κ1) is 8.75. The first-order valence-corrected chi connectivity index (χ1v) is 4.27. The second-order valence-corrected chi connectivity index (χ2v) is 3.12. The maximum absolute atomic E-state index is 5.72. The normalized spacial score (nSPS) is 23.8. The molecule has 0 saturated carbocycles. The van der Waals surface area contributed by atoms with Crippen LogP contribution >= 0.6 is 0 Å². The average Bonchev–Trinajstić information content (AvgIpc) is 2.37. The molecule has 0 aromatic carbocycles. The highest BCUT2D eigenvalue weighted by Gasteiger charge is 2.10. The monoisotopic (exact) mass is 155 g/mol. The van der Waals surface area contributed by atoms with Crippen LogP contribution in [0.25, 0.3) is 0 Å². The van der Waals surface area contributed by atoms with E-state index >= 15 is 0 Å². The Morgan fingerprint density at radius 2 is 2.55 bits per heavy atom. The van der Waals surface area contributed by atoms with E-state index in [2.05, 4.69) is 6.08 Å². The van der Waals surface area contributed by atoms with Gasteiger partial charge in [0, 0.05) is 19.8 Å². The van der Waals surface area contributed by atoms with E-state index < -0.39 is 0 Å². The van der Waals surface area contributed by atoms with Crippen LogP contribution in [0.3, 0.4) is 0 Å². The van der Waals surface area contributed by atoms with Crippen molar-refractivity contribution in [1.29, 1.82) is 0 Å². The summed E-state index contributed by atoms with van der Waals surface area (Å²) >= 11 is 0. The minimum absolute atomic E-state index is 0.326. The summed E-state index contributed by atoms with van der Waals surface area (Å²) < 4.78 is 4.97. The Labute approximate surface area is 68.4 Å². The van der Waals surface area contributed by atoms with Crippen LogP contribution in [-0.4, -0.2) is 19.8 Å². The summed E-state index contributed by atoms with van der Waals surface area (Å²) in [4.78, 5) is 0. The molecule has 11 heavy (non-hydrogen) atoms. The van der Waals surface area contributed by atoms with E-state index in [4.69, 9.17) is 10.5 Å². The van der Waals surface area contributed by atoms with Crippen LogP contribution in [-0.2, 0) is 4.74 Å². The van der Waals surface area contributed by atoms with Gasteiger partial charge >= 0.3 is 0 Å². The maximum Gasteiger partial charge on any atom is 0.0465 e. The molecule has 1 rings (SSSR count). The fourth-order valence-corrected chi connectivity index (χ4v) is 1.47. The lowest BCUT2D eigenvalue weighted by molar-refractivity contribution is 0.195. The van der Waals surface area contributed by atoms with E-state index in [-0.39, 0.29) is 0 Å². The highest BCUT2D eigenvalue weighted by molar-refractivity contribution is 5.12. The lowest BCUT2D eigenvalue weighted by Gasteiger charge is -1.99. The van der Waals surface area contributed by atoms with E-state index in [0.29, 0.717) is 6.04 Å². The van der Waals surface area contributed by atoms with Crippen molar-refractivity contribution in [2.45, 2.75) is 31.7 Å². The van der Waals surface area contributed by atoms with Crippen molar-refractivity contribution >= 4 is 0 Å². The van der Waals surface area contributed by atoms with Gasteiger partial charge in [-0.3, -0.25) is 0 Å². The summed E-state index contributed by atoms with van der Waals surface area (Å²) in [6.45, 7) is 0.868. The Morgan fingerprint density at radius 1 is 1.73 bits per heavy atom. The second-order valence-electron chi connectivity index (χ2n) is 3.12. The van der Waals surface area contributed by atoms with Gasteiger partial charge in [-0.25, -0.2) is 0 Å². The van der Waals surface area contributed by atoms with Gasteiger partial charge in [-0.1, -0.05) is 11.6 Å². The van der Waals surface area contributed by atoms with E-state index in [1.54, 1.807) is 7.11 Å². The molecule has 1 aliphatic rings. The van der Waals surface area contributed by atoms with E-state index in [1.807, 2.05) is 0 Å². The van der Waals surface area contributed by atoms with E-state index in [0.717, 1.165) is 19.4 Å². The van der Waals surface area contributed by atoms with E-state index in [9.17, 15) is 0 Å². The third-order valence-electron chi connectivity index (χ3n) is 2.09. The Bertz CT molecular complexity index is 142. The minimum atomic E-state index is 0.326. The summed E-state index contributed by atoms with van der Waals surface area (Å²) in [6, 6.07) is 0.326. The molecule has 0 spiro atoms. The Kier molecular flexibility index (Phi) is 3.60. The number of allylic oxidation sites excluding steroid dienone is 1. The van der Waals surface area contributed by atoms with Gasteiger partial charge in [-0.05, 0) is 25.7 Å². The predicted molar refractivity (Wildman–Crippen MR) is 46.4 cm³/mol. The molecule has 1 unspecified atom stereocenters. The summed E-state index contributed by atoms with van der Waals surface area (Å²) in [5.41, 5.74) is 7.24. The number of methoxy groups -OCH3 is 1. The van der Waals surface area contributed by atoms with Crippen LogP contribution in [0.1, 0.15) is 25.7 Å². The number of nitrogens with two attached hydrogens (primary N) is 1. The molecule has 64 valence electrons. The van der Waals surface area contributed by atoms with Crippen LogP contribution in [0.15, 0.2) is 11.6 Å². The second kappa shape index (κ2) is 4.52. The minimum Gasteiger partial charge on any atom is -0.385 e. The number of hydrogen-bond donors (Lipinski definition) is 1. The van der Waals surface area contributed by atoms with E-state index in [1.165, 1.54) is 18.4 Å². The molecule has 0 aromatic heterocycles. The van der Waals surface area contributed by atoms with Gasteiger partial charge in [0.1, 0.15) is 0 Å². The first-order chi connectivity index (χ1) is 5.33. The van der Waals surface area contributed by atoms with Crippen molar-refractivity contribution in [3.05, 3.63) is 11.6 Å². The molecule has 0 radical (unpaired) electrons. The zero-order valence-electron chi connectivity index (χ0n) is 7.18. The fraction of sp³-hybridized carbons (Fsp3) is 0.778. The largest absolute Gasteiger partial charge is 0.385 e. The van der Waals surface area contributed by atoms with Crippen molar-refractivity contribution in [3.8, 4) is 0 Å². The smallest absolute Gasteiger partial charge is 0.0465 e. The van der Waals surface area contributed by atoms with Gasteiger partial charge in [0.15, 0.2) is 0 Å². The van der Waals surface area contributed by atoms with Gasteiger partial charge in [0.2, 0.25) is 0 Å². The molecule has 0 aromatic rings. The first-order valence-electron chi connectivity index (χ1n) is 4.27. The van der Waals surface area contributed by atoms with Crippen molar-refractivity contribution in [1.82, 2.24) is 0 Å². The highest BCUT2D eigenvalue weighted by atomic mass is 16.5. The molecule has 2 nitrogen and oxygen atoms in total. The molecule has 0 saturated heterocycles. The maximum atomic E-state index is 5.72. The molecule has 2 heteroatoms. The summed E-state index contributed by atoms with van der Waals surface area (Å²) in [6.07, 6.45) is 6.85. The molecule has 1 atom stereocenters. The van der Waals surface area contributed by atoms with Gasteiger partial charge < -0.3 is 10.5 Å². The molecule has 0 fully saturated rings. The lowest BCUT2D eigenvalue weighted by Crippen LogP contribution is -2.11.